The lowest BCUT2D eigenvalue weighted by Gasteiger charge is -2.42. The summed E-state index contributed by atoms with van der Waals surface area (Å²) < 4.78 is 12.2. The monoisotopic (exact) mass is 214 g/mol. The Morgan fingerprint density at radius 3 is 3.13 bits per heavy atom. The Balaban J connectivity index is 0.000000963. The molecule has 88 valence electrons. The summed E-state index contributed by atoms with van der Waals surface area (Å²) in [6.07, 6.45) is 8.76. The normalized spacial score (nSPS) is 49.0. The first-order valence-electron chi connectivity index (χ1n) is 6.26. The van der Waals surface area contributed by atoms with E-state index >= 15 is 0 Å². The Bertz CT molecular complexity index is 248. The van der Waals surface area contributed by atoms with Crippen LogP contribution in [0.25, 0.3) is 0 Å². The number of fused-ring (bicyclic) bond motifs is 1. The van der Waals surface area contributed by atoms with Crippen LogP contribution in [0.15, 0.2) is 0 Å². The highest BCUT2D eigenvalue weighted by Crippen LogP contribution is 2.49. The zero-order valence-electron chi connectivity index (χ0n) is 9.15. The fourth-order valence-corrected chi connectivity index (χ4v) is 3.57. The molecule has 3 aliphatic rings. The topological polar surface area (TPSA) is 38.7 Å². The lowest BCUT2D eigenvalue weighted by molar-refractivity contribution is -0.168. The summed E-state index contributed by atoms with van der Waals surface area (Å²) in [7, 11) is 0. The molecule has 0 aromatic heterocycles. The molecule has 0 amide bonds. The van der Waals surface area contributed by atoms with Crippen LogP contribution in [0, 0.1) is 0 Å². The molecule has 15 heavy (non-hydrogen) atoms. The van der Waals surface area contributed by atoms with E-state index < -0.39 is 0 Å². The molecule has 1 spiro atoms. The summed E-state index contributed by atoms with van der Waals surface area (Å²) >= 11 is 0. The Kier molecular flexibility index (Phi) is 2.49. The van der Waals surface area contributed by atoms with Crippen molar-refractivity contribution in [1.29, 1.82) is 0 Å². The van der Waals surface area contributed by atoms with Gasteiger partial charge in [0.1, 0.15) is 0 Å². The Morgan fingerprint density at radius 1 is 1.33 bits per heavy atom. The van der Waals surface area contributed by atoms with Crippen LogP contribution in [0.4, 0.5) is 0 Å². The van der Waals surface area contributed by atoms with E-state index in [0.717, 1.165) is 32.1 Å². The van der Waals surface area contributed by atoms with Gasteiger partial charge in [0.15, 0.2) is 0 Å². The quantitative estimate of drug-likeness (QED) is 0.762. The van der Waals surface area contributed by atoms with Gasteiger partial charge in [0.05, 0.1) is 23.9 Å². The maximum absolute atomic E-state index is 8.97. The lowest BCUT2D eigenvalue weighted by Crippen LogP contribution is -2.49. The average molecular weight is 214 g/mol. The van der Waals surface area contributed by atoms with Crippen molar-refractivity contribution in [2.75, 3.05) is 6.61 Å². The van der Waals surface area contributed by atoms with Gasteiger partial charge in [-0.25, -0.2) is 0 Å². The van der Waals surface area contributed by atoms with Crippen LogP contribution in [-0.2, 0) is 9.47 Å². The van der Waals surface area contributed by atoms with Gasteiger partial charge in [-0.2, -0.15) is 0 Å². The van der Waals surface area contributed by atoms with Crippen molar-refractivity contribution in [2.45, 2.75) is 68.9 Å². The van der Waals surface area contributed by atoms with Crippen LogP contribution >= 0.6 is 0 Å². The zero-order chi connectivity index (χ0) is 10.3. The molecule has 2 heterocycles. The van der Waals surface area contributed by atoms with Gasteiger partial charge in [0.2, 0.25) is 0 Å². The summed E-state index contributed by atoms with van der Waals surface area (Å²) in [5.74, 6) is 0. The predicted octanol–water partition coefficient (Wildman–Crippen LogP) is 1.87. The van der Waals surface area contributed by atoms with Crippen LogP contribution in [0.3, 0.4) is 0 Å². The Labute approximate surface area is 92.2 Å². The van der Waals surface area contributed by atoms with Crippen molar-refractivity contribution in [2.24, 2.45) is 0 Å². The first-order valence-corrected chi connectivity index (χ1v) is 6.26. The second kappa shape index (κ2) is 3.72. The van der Waals surface area contributed by atoms with E-state index in [2.05, 4.69) is 0 Å². The van der Waals surface area contributed by atoms with Crippen LogP contribution in [0.5, 0.6) is 0 Å². The predicted molar refractivity (Wildman–Crippen MR) is 57.8 cm³/mol. The third-order valence-electron chi connectivity index (χ3n) is 4.25. The largest absolute Gasteiger partial charge is 0.396 e. The molecule has 3 nitrogen and oxygen atoms in total. The van der Waals surface area contributed by atoms with Gasteiger partial charge in [-0.05, 0) is 38.5 Å². The van der Waals surface area contributed by atoms with E-state index in [-0.39, 0.29) is 19.7 Å². The standard InChI is InChI=1S/C12H20O3.H2/c13-7-5-9-3-4-11-12(15-9)6-1-2-10(8-12)14-11;/h9-11,13H,1-8H2;1H. The molecule has 3 heteroatoms. The molecule has 2 saturated heterocycles. The third kappa shape index (κ3) is 1.61. The van der Waals surface area contributed by atoms with Gasteiger partial charge in [0, 0.05) is 14.5 Å². The fourth-order valence-electron chi connectivity index (χ4n) is 3.57. The smallest absolute Gasteiger partial charge is 0.0971 e. The third-order valence-corrected chi connectivity index (χ3v) is 4.25. The van der Waals surface area contributed by atoms with Gasteiger partial charge in [0.25, 0.3) is 0 Å². The Hall–Kier alpha value is -0.120. The molecule has 1 saturated carbocycles. The average Bonchev–Trinajstić information content (AvgIpc) is 2.48. The zero-order valence-corrected chi connectivity index (χ0v) is 9.15. The summed E-state index contributed by atoms with van der Waals surface area (Å²) in [5.41, 5.74) is 0.0288. The van der Waals surface area contributed by atoms with Crippen molar-refractivity contribution in [3.63, 3.8) is 0 Å². The summed E-state index contributed by atoms with van der Waals surface area (Å²) in [6, 6.07) is 0. The number of hydrogen-bond acceptors (Lipinski definition) is 3. The molecule has 2 aliphatic heterocycles. The number of rotatable bonds is 2. The highest BCUT2D eigenvalue weighted by Gasteiger charge is 2.54. The van der Waals surface area contributed by atoms with Crippen molar-refractivity contribution in [3.05, 3.63) is 0 Å². The van der Waals surface area contributed by atoms with Gasteiger partial charge in [-0.1, -0.05) is 0 Å². The van der Waals surface area contributed by atoms with Gasteiger partial charge < -0.3 is 14.6 Å². The van der Waals surface area contributed by atoms with Crippen molar-refractivity contribution >= 4 is 0 Å². The van der Waals surface area contributed by atoms with E-state index in [0.29, 0.717) is 12.2 Å². The molecule has 2 bridgehead atoms. The molecule has 4 unspecified atom stereocenters. The SMILES string of the molecule is OCCC1CCC2OC3CCCC2(C3)O1.[HH]. The maximum Gasteiger partial charge on any atom is 0.0971 e. The van der Waals surface area contributed by atoms with Gasteiger partial charge in [-0.3, -0.25) is 0 Å². The lowest BCUT2D eigenvalue weighted by atomic mass is 9.78. The molecule has 0 aromatic carbocycles. The molecule has 0 aromatic rings. The van der Waals surface area contributed by atoms with Crippen LogP contribution in [0.2, 0.25) is 0 Å². The number of aliphatic hydroxyl groups is 1. The first kappa shape index (κ1) is 10.1. The van der Waals surface area contributed by atoms with Crippen LogP contribution < -0.4 is 0 Å². The van der Waals surface area contributed by atoms with E-state index in [1.165, 1.54) is 12.8 Å². The fraction of sp³-hybridized carbons (Fsp3) is 1.00. The van der Waals surface area contributed by atoms with E-state index in [1.54, 1.807) is 0 Å². The molecular weight excluding hydrogens is 192 g/mol. The minimum atomic E-state index is 0. The number of hydrogen-bond donors (Lipinski definition) is 1. The van der Waals surface area contributed by atoms with Crippen molar-refractivity contribution in [3.8, 4) is 0 Å². The van der Waals surface area contributed by atoms with Gasteiger partial charge >= 0.3 is 0 Å². The van der Waals surface area contributed by atoms with E-state index in [4.69, 9.17) is 14.6 Å². The number of aliphatic hydroxyl groups excluding tert-OH is 1. The minimum Gasteiger partial charge on any atom is -0.396 e. The van der Waals surface area contributed by atoms with Gasteiger partial charge in [-0.15, -0.1) is 0 Å². The molecule has 3 rings (SSSR count). The maximum atomic E-state index is 8.97. The number of ether oxygens (including phenoxy) is 2. The molecule has 1 aliphatic carbocycles. The van der Waals surface area contributed by atoms with Crippen molar-refractivity contribution in [1.82, 2.24) is 0 Å². The highest BCUT2D eigenvalue weighted by atomic mass is 16.6. The summed E-state index contributed by atoms with van der Waals surface area (Å²) in [5, 5.41) is 8.97. The minimum absolute atomic E-state index is 0. The van der Waals surface area contributed by atoms with E-state index in [1.807, 2.05) is 0 Å². The summed E-state index contributed by atoms with van der Waals surface area (Å²) in [6.45, 7) is 0.246. The highest BCUT2D eigenvalue weighted by molar-refractivity contribution is 5.03. The van der Waals surface area contributed by atoms with Crippen molar-refractivity contribution < 1.29 is 16.0 Å². The molecule has 1 N–H and O–H groups in total. The van der Waals surface area contributed by atoms with Crippen LogP contribution in [0.1, 0.15) is 46.4 Å². The summed E-state index contributed by atoms with van der Waals surface area (Å²) in [4.78, 5) is 0. The molecule has 0 radical (unpaired) electrons. The molecule has 3 fully saturated rings. The second-order valence-corrected chi connectivity index (χ2v) is 5.24. The first-order chi connectivity index (χ1) is 7.32. The second-order valence-electron chi connectivity index (χ2n) is 5.24. The Morgan fingerprint density at radius 2 is 2.27 bits per heavy atom. The molecule has 4 atom stereocenters. The van der Waals surface area contributed by atoms with E-state index in [9.17, 15) is 0 Å². The van der Waals surface area contributed by atoms with Crippen LogP contribution in [-0.4, -0.2) is 35.6 Å². The molecular formula is C12H22O3.